The van der Waals surface area contributed by atoms with Crippen LogP contribution in [0.5, 0.6) is 5.75 Å². The summed E-state index contributed by atoms with van der Waals surface area (Å²) in [6, 6.07) is 16.1. The monoisotopic (exact) mass is 379 g/mol. The molecule has 0 fully saturated rings. The van der Waals surface area contributed by atoms with Crippen molar-refractivity contribution in [1.82, 2.24) is 0 Å². The first-order chi connectivity index (χ1) is 13.8. The van der Waals surface area contributed by atoms with Gasteiger partial charge in [-0.2, -0.15) is 0 Å². The summed E-state index contributed by atoms with van der Waals surface area (Å²) in [6.45, 7) is 2.27. The maximum Gasteiger partial charge on any atom is 0.124 e. The number of aliphatic imine (C=N–C) groups is 1. The third-order valence-electron chi connectivity index (χ3n) is 5.41. The van der Waals surface area contributed by atoms with Gasteiger partial charge in [0.25, 0.3) is 0 Å². The Morgan fingerprint density at radius 2 is 1.39 bits per heavy atom. The summed E-state index contributed by atoms with van der Waals surface area (Å²) in [5.41, 5.74) is 4.00. The molecule has 2 aromatic carbocycles. The Morgan fingerprint density at radius 1 is 0.786 bits per heavy atom. The first-order valence-electron chi connectivity index (χ1n) is 11.1. The van der Waals surface area contributed by atoms with Crippen molar-refractivity contribution in [1.29, 1.82) is 0 Å². The van der Waals surface area contributed by atoms with Crippen molar-refractivity contribution in [3.8, 4) is 5.75 Å². The Hall–Kier alpha value is -2.09. The molecule has 152 valence electrons. The van der Waals surface area contributed by atoms with Gasteiger partial charge in [-0.05, 0) is 30.5 Å². The minimum absolute atomic E-state index is 0.302. The molecule has 2 rings (SSSR count). The Kier molecular flexibility index (Phi) is 10.4. The number of phenolic OH excluding ortho intramolecular Hbond substituents is 1. The van der Waals surface area contributed by atoms with E-state index < -0.39 is 0 Å². The molecule has 0 aliphatic carbocycles. The highest BCUT2D eigenvalue weighted by Crippen LogP contribution is 2.24. The number of phenols is 1. The maximum atomic E-state index is 10.4. The summed E-state index contributed by atoms with van der Waals surface area (Å²) < 4.78 is 0. The van der Waals surface area contributed by atoms with E-state index in [1.165, 1.54) is 69.8 Å². The molecule has 0 saturated heterocycles. The summed E-state index contributed by atoms with van der Waals surface area (Å²) in [7, 11) is 1.79. The third kappa shape index (κ3) is 7.50. The zero-order valence-electron chi connectivity index (χ0n) is 17.8. The predicted molar refractivity (Wildman–Crippen MR) is 122 cm³/mol. The fourth-order valence-corrected chi connectivity index (χ4v) is 3.75. The Morgan fingerprint density at radius 3 is 2.00 bits per heavy atom. The molecule has 0 saturated carbocycles. The molecule has 0 spiro atoms. The first-order valence-corrected chi connectivity index (χ1v) is 11.1. The van der Waals surface area contributed by atoms with E-state index in [0.717, 1.165) is 23.3 Å². The van der Waals surface area contributed by atoms with Crippen LogP contribution in [0.3, 0.4) is 0 Å². The van der Waals surface area contributed by atoms with E-state index in [1.807, 2.05) is 42.5 Å². The zero-order chi connectivity index (χ0) is 20.0. The standard InChI is InChI=1S/C26H37NO/c1-3-4-5-6-7-8-9-10-11-13-16-22-19-20-25(28)24(21-22)26(27-2)23-17-14-12-15-18-23/h12,14-15,17-21,28H,3-11,13,16H2,1-2H3/b27-26+. The van der Waals surface area contributed by atoms with Crippen LogP contribution in [0.1, 0.15) is 87.8 Å². The van der Waals surface area contributed by atoms with Gasteiger partial charge >= 0.3 is 0 Å². The average Bonchev–Trinajstić information content (AvgIpc) is 2.73. The average molecular weight is 380 g/mol. The van der Waals surface area contributed by atoms with Crippen molar-refractivity contribution in [3.63, 3.8) is 0 Å². The van der Waals surface area contributed by atoms with Gasteiger partial charge in [0.15, 0.2) is 0 Å². The fraction of sp³-hybridized carbons (Fsp3) is 0.500. The van der Waals surface area contributed by atoms with Crippen molar-refractivity contribution < 1.29 is 5.11 Å². The molecule has 0 radical (unpaired) electrons. The van der Waals surface area contributed by atoms with E-state index in [2.05, 4.69) is 18.0 Å². The van der Waals surface area contributed by atoms with Crippen LogP contribution in [-0.2, 0) is 6.42 Å². The van der Waals surface area contributed by atoms with Gasteiger partial charge in [-0.15, -0.1) is 0 Å². The van der Waals surface area contributed by atoms with E-state index in [0.29, 0.717) is 5.75 Å². The normalized spacial score (nSPS) is 11.7. The molecule has 0 aliphatic heterocycles. The lowest BCUT2D eigenvalue weighted by Gasteiger charge is -2.11. The summed E-state index contributed by atoms with van der Waals surface area (Å²) >= 11 is 0. The molecule has 0 atom stereocenters. The topological polar surface area (TPSA) is 32.6 Å². The molecule has 0 aromatic heterocycles. The number of hydrogen-bond acceptors (Lipinski definition) is 2. The molecule has 2 aromatic rings. The fourth-order valence-electron chi connectivity index (χ4n) is 3.75. The van der Waals surface area contributed by atoms with Gasteiger partial charge in [-0.25, -0.2) is 0 Å². The van der Waals surface area contributed by atoms with Crippen LogP contribution in [-0.4, -0.2) is 17.9 Å². The van der Waals surface area contributed by atoms with Gasteiger partial charge in [0.2, 0.25) is 0 Å². The molecule has 0 heterocycles. The lowest BCUT2D eigenvalue weighted by Crippen LogP contribution is -2.04. The van der Waals surface area contributed by atoms with Crippen molar-refractivity contribution >= 4 is 5.71 Å². The Bertz CT molecular complexity index is 706. The summed E-state index contributed by atoms with van der Waals surface area (Å²) in [5.74, 6) is 0.302. The van der Waals surface area contributed by atoms with Gasteiger partial charge in [0.05, 0.1) is 5.71 Å². The van der Waals surface area contributed by atoms with E-state index >= 15 is 0 Å². The second-order valence-electron chi connectivity index (χ2n) is 7.72. The molecule has 0 amide bonds. The maximum absolute atomic E-state index is 10.4. The van der Waals surface area contributed by atoms with E-state index in [1.54, 1.807) is 7.05 Å². The molecule has 0 aliphatic rings. The van der Waals surface area contributed by atoms with Crippen molar-refractivity contribution in [2.45, 2.75) is 77.6 Å². The molecular weight excluding hydrogens is 342 g/mol. The Labute approximate surface area is 171 Å². The number of aryl methyl sites for hydroxylation is 1. The zero-order valence-corrected chi connectivity index (χ0v) is 17.8. The van der Waals surface area contributed by atoms with Crippen LogP contribution in [0.25, 0.3) is 0 Å². The number of nitrogens with zero attached hydrogens (tertiary/aromatic N) is 1. The van der Waals surface area contributed by atoms with Crippen LogP contribution < -0.4 is 0 Å². The summed E-state index contributed by atoms with van der Waals surface area (Å²) in [5, 5.41) is 10.4. The number of benzene rings is 2. The van der Waals surface area contributed by atoms with Crippen molar-refractivity contribution in [2.75, 3.05) is 7.05 Å². The van der Waals surface area contributed by atoms with E-state index in [-0.39, 0.29) is 0 Å². The third-order valence-corrected chi connectivity index (χ3v) is 5.41. The summed E-state index contributed by atoms with van der Waals surface area (Å²) in [6.07, 6.45) is 14.6. The number of aromatic hydroxyl groups is 1. The Balaban J connectivity index is 1.79. The molecule has 1 N–H and O–H groups in total. The second-order valence-corrected chi connectivity index (χ2v) is 7.72. The van der Waals surface area contributed by atoms with Crippen molar-refractivity contribution in [2.24, 2.45) is 4.99 Å². The molecule has 28 heavy (non-hydrogen) atoms. The highest BCUT2D eigenvalue weighted by atomic mass is 16.3. The van der Waals surface area contributed by atoms with Gasteiger partial charge in [-0.3, -0.25) is 4.99 Å². The second kappa shape index (κ2) is 13.1. The van der Waals surface area contributed by atoms with E-state index in [4.69, 9.17) is 0 Å². The molecule has 0 unspecified atom stereocenters. The number of unbranched alkanes of at least 4 members (excludes halogenated alkanes) is 9. The minimum atomic E-state index is 0.302. The van der Waals surface area contributed by atoms with Gasteiger partial charge in [-0.1, -0.05) is 101 Å². The smallest absolute Gasteiger partial charge is 0.124 e. The van der Waals surface area contributed by atoms with Crippen LogP contribution in [0.2, 0.25) is 0 Å². The highest BCUT2D eigenvalue weighted by molar-refractivity contribution is 6.14. The molecular formula is C26H37NO. The molecule has 2 nitrogen and oxygen atoms in total. The quantitative estimate of drug-likeness (QED) is 0.287. The minimum Gasteiger partial charge on any atom is -0.507 e. The largest absolute Gasteiger partial charge is 0.507 e. The molecule has 0 bridgehead atoms. The van der Waals surface area contributed by atoms with Gasteiger partial charge in [0, 0.05) is 18.2 Å². The lowest BCUT2D eigenvalue weighted by atomic mass is 9.97. The number of rotatable bonds is 13. The predicted octanol–water partition coefficient (Wildman–Crippen LogP) is 7.32. The van der Waals surface area contributed by atoms with Crippen LogP contribution in [0.4, 0.5) is 0 Å². The van der Waals surface area contributed by atoms with Gasteiger partial charge in [0.1, 0.15) is 5.75 Å². The SMILES string of the molecule is CCCCCCCCCCCCc1ccc(O)c(/C(=N/C)c2ccccc2)c1. The highest BCUT2D eigenvalue weighted by Gasteiger charge is 2.11. The number of hydrogen-bond donors (Lipinski definition) is 1. The van der Waals surface area contributed by atoms with Crippen LogP contribution >= 0.6 is 0 Å². The van der Waals surface area contributed by atoms with Crippen LogP contribution in [0.15, 0.2) is 53.5 Å². The van der Waals surface area contributed by atoms with Crippen molar-refractivity contribution in [3.05, 3.63) is 65.2 Å². The van der Waals surface area contributed by atoms with Gasteiger partial charge < -0.3 is 5.11 Å². The summed E-state index contributed by atoms with van der Waals surface area (Å²) in [4.78, 5) is 4.44. The lowest BCUT2D eigenvalue weighted by molar-refractivity contribution is 0.474. The first kappa shape index (κ1) is 22.2. The van der Waals surface area contributed by atoms with Crippen LogP contribution in [0, 0.1) is 0 Å². The van der Waals surface area contributed by atoms with E-state index in [9.17, 15) is 5.11 Å². The molecule has 2 heteroatoms.